The number of rotatable bonds is 2. The van der Waals surface area contributed by atoms with Gasteiger partial charge in [0, 0.05) is 34.4 Å². The molecular weight excluding hydrogens is 428 g/mol. The molecule has 2 aliphatic carbocycles. The smallest absolute Gasteiger partial charge is 0.195 e. The first-order chi connectivity index (χ1) is 15.4. The molecule has 0 amide bonds. The van der Waals surface area contributed by atoms with Gasteiger partial charge in [0.2, 0.25) is 0 Å². The van der Waals surface area contributed by atoms with E-state index in [1.54, 1.807) is 0 Å². The van der Waals surface area contributed by atoms with Crippen molar-refractivity contribution < 1.29 is 22.4 Å². The molecular formula is C28H16F4O. The molecule has 0 radical (unpaired) electrons. The average Bonchev–Trinajstić information content (AvgIpc) is 3.20. The molecule has 4 aromatic rings. The van der Waals surface area contributed by atoms with Gasteiger partial charge >= 0.3 is 0 Å². The van der Waals surface area contributed by atoms with Gasteiger partial charge in [-0.3, -0.25) is 4.79 Å². The number of hydrogen-bond acceptors (Lipinski definition) is 1. The van der Waals surface area contributed by atoms with E-state index in [9.17, 15) is 22.4 Å². The zero-order valence-corrected chi connectivity index (χ0v) is 16.3. The molecule has 33 heavy (non-hydrogen) atoms. The van der Waals surface area contributed by atoms with Gasteiger partial charge in [-0.1, -0.05) is 43.8 Å². The Balaban J connectivity index is 0.00000228. The number of ketones is 1. The number of carbonyl (C=O) groups excluding carboxylic acids is 1. The predicted molar refractivity (Wildman–Crippen MR) is 122 cm³/mol. The molecule has 0 atom stereocenters. The summed E-state index contributed by atoms with van der Waals surface area (Å²) in [5, 5.41) is 1.81. The van der Waals surface area contributed by atoms with Gasteiger partial charge in [0.25, 0.3) is 0 Å². The summed E-state index contributed by atoms with van der Waals surface area (Å²) >= 11 is 0. The Kier molecular flexibility index (Phi) is 4.60. The van der Waals surface area contributed by atoms with Crippen molar-refractivity contribution >= 4 is 38.8 Å². The number of fused-ring (bicyclic) bond motifs is 3. The van der Waals surface area contributed by atoms with E-state index in [4.69, 9.17) is 0 Å². The maximum Gasteiger partial charge on any atom is 0.195 e. The monoisotopic (exact) mass is 444 g/mol. The fourth-order valence-corrected chi connectivity index (χ4v) is 4.85. The van der Waals surface area contributed by atoms with Crippen LogP contribution in [0, 0.1) is 23.3 Å². The maximum absolute atomic E-state index is 14.1. The summed E-state index contributed by atoms with van der Waals surface area (Å²) in [5.74, 6) is -3.80. The largest absolute Gasteiger partial charge is 0.289 e. The third kappa shape index (κ3) is 2.96. The summed E-state index contributed by atoms with van der Waals surface area (Å²) < 4.78 is 56.3. The van der Waals surface area contributed by atoms with E-state index in [1.165, 1.54) is 0 Å². The second kappa shape index (κ2) is 7.27. The lowest BCUT2D eigenvalue weighted by atomic mass is 9.93. The highest BCUT2D eigenvalue weighted by Gasteiger charge is 2.40. The maximum atomic E-state index is 14.1. The lowest BCUT2D eigenvalue weighted by molar-refractivity contribution is -0.108. The Morgan fingerprint density at radius 2 is 0.909 bits per heavy atom. The Morgan fingerprint density at radius 1 is 0.515 bits per heavy atom. The second-order valence-electron chi connectivity index (χ2n) is 7.85. The molecule has 0 N–H and O–H groups in total. The summed E-state index contributed by atoms with van der Waals surface area (Å²) in [4.78, 5) is 13.7. The second-order valence-corrected chi connectivity index (χ2v) is 7.85. The molecule has 0 unspecified atom stereocenters. The van der Waals surface area contributed by atoms with E-state index >= 15 is 0 Å². The lowest BCUT2D eigenvalue weighted by Crippen LogP contribution is -2.04. The Bertz CT molecular complexity index is 1420. The summed E-state index contributed by atoms with van der Waals surface area (Å²) in [6.45, 7) is 0. The molecule has 0 saturated heterocycles. The van der Waals surface area contributed by atoms with Crippen molar-refractivity contribution in [1.82, 2.24) is 0 Å². The van der Waals surface area contributed by atoms with E-state index in [0.29, 0.717) is 11.1 Å². The van der Waals surface area contributed by atoms with Crippen molar-refractivity contribution in [3.05, 3.63) is 118 Å². The van der Waals surface area contributed by atoms with Crippen LogP contribution in [0.15, 0.2) is 72.8 Å². The minimum Gasteiger partial charge on any atom is -0.289 e. The molecule has 0 aromatic heterocycles. The zero-order chi connectivity index (χ0) is 22.1. The van der Waals surface area contributed by atoms with Crippen LogP contribution >= 0.6 is 0 Å². The minimum absolute atomic E-state index is 0. The third-order valence-corrected chi connectivity index (χ3v) is 5.95. The van der Waals surface area contributed by atoms with Gasteiger partial charge in [0.15, 0.2) is 5.78 Å². The topological polar surface area (TPSA) is 17.1 Å². The SMILES string of the molecule is C.O=C1C(c2cc(F)cc(F)c2)=C2C(=C1c1cc(F)cc(F)c1)c1cccc3cccc2c13. The molecule has 0 saturated carbocycles. The number of allylic oxidation sites excluding steroid dienone is 4. The first-order valence-corrected chi connectivity index (χ1v) is 9.91. The number of benzene rings is 4. The summed E-state index contributed by atoms with van der Waals surface area (Å²) in [5.41, 5.74) is 2.91. The van der Waals surface area contributed by atoms with Crippen LogP contribution < -0.4 is 0 Å². The Labute approximate surface area is 187 Å². The van der Waals surface area contributed by atoms with Crippen LogP contribution in [0.3, 0.4) is 0 Å². The van der Waals surface area contributed by atoms with Gasteiger partial charge in [-0.05, 0) is 57.3 Å². The normalized spacial score (nSPS) is 14.2. The first-order valence-electron chi connectivity index (χ1n) is 9.91. The van der Waals surface area contributed by atoms with Gasteiger partial charge in [0.1, 0.15) is 23.3 Å². The Morgan fingerprint density at radius 3 is 1.30 bits per heavy atom. The molecule has 162 valence electrons. The average molecular weight is 444 g/mol. The number of carbonyl (C=O) groups is 1. The van der Waals surface area contributed by atoms with Crippen LogP contribution in [0.25, 0.3) is 33.1 Å². The molecule has 0 spiro atoms. The molecule has 0 fully saturated rings. The van der Waals surface area contributed by atoms with Gasteiger partial charge < -0.3 is 0 Å². The molecule has 2 aliphatic rings. The molecule has 0 heterocycles. The number of halogens is 4. The van der Waals surface area contributed by atoms with Crippen LogP contribution in [-0.4, -0.2) is 5.78 Å². The van der Waals surface area contributed by atoms with Crippen LogP contribution in [0.1, 0.15) is 29.7 Å². The summed E-state index contributed by atoms with van der Waals surface area (Å²) in [7, 11) is 0. The van der Waals surface area contributed by atoms with Crippen LogP contribution in [0.4, 0.5) is 17.6 Å². The standard InChI is InChI=1S/C27H12F4O.CH4/c28-16-7-14(8-17(29)11-16)23-25-20-5-1-3-13-4-2-6-21(22(13)20)26(25)24(27(23)32)15-9-18(30)12-19(31)10-15;/h1-12H;1H4. The number of hydrogen-bond donors (Lipinski definition) is 0. The molecule has 1 nitrogen and oxygen atoms in total. The fraction of sp³-hybridized carbons (Fsp3) is 0.0357. The third-order valence-electron chi connectivity index (χ3n) is 5.95. The highest BCUT2D eigenvalue weighted by Crippen LogP contribution is 2.56. The summed E-state index contributed by atoms with van der Waals surface area (Å²) in [6.07, 6.45) is 0. The quantitative estimate of drug-likeness (QED) is 0.294. The molecule has 5 heteroatoms. The van der Waals surface area contributed by atoms with Crippen molar-refractivity contribution in [3.63, 3.8) is 0 Å². The number of Topliss-reactive ketones (excluding diaryl/α,β-unsaturated/α-hetero) is 1. The molecule has 0 aliphatic heterocycles. The van der Waals surface area contributed by atoms with E-state index in [0.717, 1.165) is 58.3 Å². The molecule has 0 bridgehead atoms. The summed E-state index contributed by atoms with van der Waals surface area (Å²) in [6, 6.07) is 17.1. The van der Waals surface area contributed by atoms with E-state index < -0.39 is 29.1 Å². The van der Waals surface area contributed by atoms with Crippen molar-refractivity contribution in [1.29, 1.82) is 0 Å². The highest BCUT2D eigenvalue weighted by molar-refractivity contribution is 6.61. The molecule has 4 aromatic carbocycles. The van der Waals surface area contributed by atoms with E-state index in [-0.39, 0.29) is 29.7 Å². The first kappa shape index (κ1) is 20.9. The van der Waals surface area contributed by atoms with Crippen molar-refractivity contribution in [2.75, 3.05) is 0 Å². The van der Waals surface area contributed by atoms with Gasteiger partial charge in [-0.2, -0.15) is 0 Å². The minimum atomic E-state index is -0.818. The van der Waals surface area contributed by atoms with E-state index in [1.807, 2.05) is 36.4 Å². The fourth-order valence-electron chi connectivity index (χ4n) is 4.85. The van der Waals surface area contributed by atoms with Gasteiger partial charge in [-0.25, -0.2) is 17.6 Å². The van der Waals surface area contributed by atoms with E-state index in [2.05, 4.69) is 0 Å². The van der Waals surface area contributed by atoms with Crippen molar-refractivity contribution in [2.45, 2.75) is 7.43 Å². The molecule has 6 rings (SSSR count). The van der Waals surface area contributed by atoms with Crippen molar-refractivity contribution in [2.24, 2.45) is 0 Å². The van der Waals surface area contributed by atoms with Gasteiger partial charge in [0.05, 0.1) is 0 Å². The van der Waals surface area contributed by atoms with Crippen LogP contribution in [-0.2, 0) is 4.79 Å². The lowest BCUT2D eigenvalue weighted by Gasteiger charge is -2.10. The van der Waals surface area contributed by atoms with Gasteiger partial charge in [-0.15, -0.1) is 0 Å². The Hall–Kier alpha value is -3.99. The van der Waals surface area contributed by atoms with Crippen LogP contribution in [0.2, 0.25) is 0 Å². The van der Waals surface area contributed by atoms with Crippen molar-refractivity contribution in [3.8, 4) is 0 Å². The zero-order valence-electron chi connectivity index (χ0n) is 16.3. The predicted octanol–water partition coefficient (Wildman–Crippen LogP) is 7.45. The van der Waals surface area contributed by atoms with Crippen LogP contribution in [0.5, 0.6) is 0 Å². The highest BCUT2D eigenvalue weighted by atomic mass is 19.1.